The molecule has 1 aliphatic heterocycles. The van der Waals surface area contributed by atoms with Crippen LogP contribution in [0.15, 0.2) is 40.1 Å². The third kappa shape index (κ3) is 3.76. The smallest absolute Gasteiger partial charge is 0.330 e. The summed E-state index contributed by atoms with van der Waals surface area (Å²) >= 11 is 0. The van der Waals surface area contributed by atoms with Crippen molar-refractivity contribution in [2.75, 3.05) is 13.3 Å². The minimum absolute atomic E-state index is 0.129. The lowest BCUT2D eigenvalue weighted by Gasteiger charge is -2.37. The number of hydrogen-bond acceptors (Lipinski definition) is 9. The number of hydrogen-bond donors (Lipinski definition) is 6. The number of H-pyrrole nitrogens is 1. The lowest BCUT2D eigenvalue weighted by Crippen LogP contribution is -2.59. The number of phenols is 1. The number of aryl methyl sites for hydroxylation is 1. The van der Waals surface area contributed by atoms with Crippen molar-refractivity contribution in [3.63, 3.8) is 0 Å². The number of halogens is 1. The second kappa shape index (κ2) is 8.63. The van der Waals surface area contributed by atoms with E-state index in [1.54, 1.807) is 12.1 Å². The molecule has 4 atom stereocenters. The monoisotopic (exact) mass is 427 g/mol. The van der Waals surface area contributed by atoms with Crippen LogP contribution in [0.4, 0.5) is 4.39 Å². The van der Waals surface area contributed by atoms with Crippen LogP contribution in [0.25, 0.3) is 0 Å². The number of rotatable bonds is 7. The first-order valence-electron chi connectivity index (χ1n) is 9.04. The zero-order chi connectivity index (χ0) is 22.1. The molecule has 1 unspecified atom stereocenters. The van der Waals surface area contributed by atoms with Crippen molar-refractivity contribution in [2.24, 2.45) is 0 Å². The quantitative estimate of drug-likeness (QED) is 0.230. The summed E-state index contributed by atoms with van der Waals surface area (Å²) < 4.78 is 18.8. The Labute approximate surface area is 168 Å². The van der Waals surface area contributed by atoms with E-state index < -0.39 is 55.2 Å². The first-order chi connectivity index (χ1) is 14.2. The third-order valence-electron chi connectivity index (χ3n) is 5.02. The summed E-state index contributed by atoms with van der Waals surface area (Å²) in [5, 5.41) is 52.0. The molecule has 0 amide bonds. The van der Waals surface area contributed by atoms with Gasteiger partial charge < -0.3 is 30.4 Å². The Bertz CT molecular complexity index is 1010. The molecule has 12 heteroatoms. The molecule has 2 heterocycles. The molecule has 11 nitrogen and oxygen atoms in total. The number of alkyl halides is 1. The van der Waals surface area contributed by atoms with E-state index in [1.165, 1.54) is 12.1 Å². The van der Waals surface area contributed by atoms with Gasteiger partial charge in [-0.3, -0.25) is 18.7 Å². The van der Waals surface area contributed by atoms with Crippen LogP contribution >= 0.6 is 0 Å². The van der Waals surface area contributed by atoms with Gasteiger partial charge in [0, 0.05) is 23.7 Å². The molecule has 164 valence electrons. The van der Waals surface area contributed by atoms with Crippen LogP contribution < -0.4 is 11.2 Å². The predicted molar refractivity (Wildman–Crippen MR) is 98.4 cm³/mol. The molecule has 1 aliphatic rings. The molecular weight excluding hydrogens is 405 g/mol. The largest absolute Gasteiger partial charge is 0.508 e. The number of benzene rings is 1. The summed E-state index contributed by atoms with van der Waals surface area (Å²) in [4.78, 5) is 26.1. The number of hydroxylamine groups is 2. The van der Waals surface area contributed by atoms with Gasteiger partial charge in [-0.25, -0.2) is 4.79 Å². The Morgan fingerprint density at radius 3 is 2.60 bits per heavy atom. The molecule has 6 N–H and O–H groups in total. The maximum Gasteiger partial charge on any atom is 0.330 e. The summed E-state index contributed by atoms with van der Waals surface area (Å²) in [6, 6.07) is 5.91. The highest BCUT2D eigenvalue weighted by Crippen LogP contribution is 2.40. The Hall–Kier alpha value is -2.61. The number of aliphatic hydroxyl groups is 3. The molecule has 0 spiro atoms. The molecule has 2 aromatic rings. The first kappa shape index (κ1) is 22.1. The predicted octanol–water partition coefficient (Wildman–Crippen LogP) is -1.42. The first-order valence-corrected chi connectivity index (χ1v) is 9.04. The van der Waals surface area contributed by atoms with E-state index >= 15 is 0 Å². The minimum Gasteiger partial charge on any atom is -0.508 e. The summed E-state index contributed by atoms with van der Waals surface area (Å²) in [7, 11) is 0. The standard InChI is InChI=1S/C18H22FN3O8/c19-6-5-11-7-21(17(27)20-15(11)26)16-18(28,14(25)13(9-23)30-16)22(29)8-10-3-1-2-4-12(10)24/h1-4,7,13-14,16,23-25,28-29H,5-6,8-9H2,(H,20,26,27)/t13-,14-,16?,18-/m1/s1. The van der Waals surface area contributed by atoms with E-state index in [4.69, 9.17) is 4.74 Å². The van der Waals surface area contributed by atoms with Crippen molar-refractivity contribution in [1.29, 1.82) is 0 Å². The van der Waals surface area contributed by atoms with E-state index in [-0.39, 0.29) is 28.4 Å². The average Bonchev–Trinajstić information content (AvgIpc) is 2.97. The highest BCUT2D eigenvalue weighted by molar-refractivity contribution is 5.31. The molecule has 0 radical (unpaired) electrons. The lowest BCUT2D eigenvalue weighted by molar-refractivity contribution is -0.318. The number of aromatic nitrogens is 2. The number of nitrogens with one attached hydrogen (secondary N) is 1. The topological polar surface area (TPSA) is 168 Å². The Balaban J connectivity index is 2.06. The van der Waals surface area contributed by atoms with E-state index in [0.717, 1.165) is 6.20 Å². The summed E-state index contributed by atoms with van der Waals surface area (Å²) in [6.07, 6.45) is -4.46. The van der Waals surface area contributed by atoms with Gasteiger partial charge in [0.05, 0.1) is 19.8 Å². The maximum absolute atomic E-state index is 12.7. The second-order valence-corrected chi connectivity index (χ2v) is 6.88. The van der Waals surface area contributed by atoms with Gasteiger partial charge in [0.15, 0.2) is 6.23 Å². The van der Waals surface area contributed by atoms with Crippen LogP contribution in [0.5, 0.6) is 5.75 Å². The average molecular weight is 427 g/mol. The number of para-hydroxylation sites is 1. The van der Waals surface area contributed by atoms with Gasteiger partial charge in [-0.05, 0) is 6.07 Å². The van der Waals surface area contributed by atoms with Crippen LogP contribution in [0, 0.1) is 0 Å². The minimum atomic E-state index is -2.68. The Kier molecular flexibility index (Phi) is 6.36. The van der Waals surface area contributed by atoms with Gasteiger partial charge in [0.25, 0.3) is 5.56 Å². The van der Waals surface area contributed by atoms with Gasteiger partial charge in [0.1, 0.15) is 18.0 Å². The fourth-order valence-electron chi connectivity index (χ4n) is 3.37. The van der Waals surface area contributed by atoms with Gasteiger partial charge in [-0.15, -0.1) is 5.06 Å². The molecule has 1 saturated heterocycles. The molecule has 0 saturated carbocycles. The number of phenolic OH excluding ortho intramolecular Hbond substituents is 1. The molecule has 0 aliphatic carbocycles. The van der Waals surface area contributed by atoms with Crippen molar-refractivity contribution >= 4 is 0 Å². The number of aromatic hydroxyl groups is 1. The van der Waals surface area contributed by atoms with E-state index in [9.17, 15) is 39.6 Å². The summed E-state index contributed by atoms with van der Waals surface area (Å²) in [5.41, 5.74) is -4.50. The van der Waals surface area contributed by atoms with Gasteiger partial charge in [-0.2, -0.15) is 0 Å². The van der Waals surface area contributed by atoms with Crippen molar-refractivity contribution in [3.05, 3.63) is 62.4 Å². The lowest BCUT2D eigenvalue weighted by atomic mass is 10.0. The molecule has 3 rings (SSSR count). The van der Waals surface area contributed by atoms with E-state index in [2.05, 4.69) is 0 Å². The molecule has 30 heavy (non-hydrogen) atoms. The van der Waals surface area contributed by atoms with Crippen LogP contribution in [-0.4, -0.2) is 71.5 Å². The van der Waals surface area contributed by atoms with Gasteiger partial charge in [0.2, 0.25) is 5.72 Å². The number of aliphatic hydroxyl groups excluding tert-OH is 2. The van der Waals surface area contributed by atoms with Crippen molar-refractivity contribution in [2.45, 2.75) is 37.1 Å². The van der Waals surface area contributed by atoms with Crippen LogP contribution in [0.2, 0.25) is 0 Å². The normalized spacial score (nSPS) is 26.4. The molecular formula is C18H22FN3O8. The fraction of sp³-hybridized carbons (Fsp3) is 0.444. The fourth-order valence-corrected chi connectivity index (χ4v) is 3.37. The number of nitrogens with zero attached hydrogens (tertiary/aromatic N) is 2. The van der Waals surface area contributed by atoms with Crippen LogP contribution in [-0.2, 0) is 17.7 Å². The molecule has 1 aromatic carbocycles. The van der Waals surface area contributed by atoms with Crippen LogP contribution in [0.3, 0.4) is 0 Å². The summed E-state index contributed by atoms with van der Waals surface area (Å²) in [5.74, 6) is -0.199. The van der Waals surface area contributed by atoms with Crippen molar-refractivity contribution < 1.29 is 34.8 Å². The second-order valence-electron chi connectivity index (χ2n) is 6.88. The summed E-state index contributed by atoms with van der Waals surface area (Å²) in [6.45, 7) is -2.15. The zero-order valence-electron chi connectivity index (χ0n) is 15.7. The SMILES string of the molecule is O=c1[nH]c(=O)n(C2O[C@H](CO)[C@@H](O)[C@]2(O)N(O)Cc2ccccc2O)cc1CCF. The highest BCUT2D eigenvalue weighted by Gasteiger charge is 2.60. The van der Waals surface area contributed by atoms with Gasteiger partial charge >= 0.3 is 5.69 Å². The molecule has 1 fully saturated rings. The van der Waals surface area contributed by atoms with Gasteiger partial charge in [-0.1, -0.05) is 18.2 Å². The van der Waals surface area contributed by atoms with E-state index in [1.807, 2.05) is 4.98 Å². The van der Waals surface area contributed by atoms with Crippen LogP contribution in [0.1, 0.15) is 17.4 Å². The number of aromatic amines is 1. The Morgan fingerprint density at radius 1 is 1.27 bits per heavy atom. The molecule has 1 aromatic heterocycles. The zero-order valence-corrected chi connectivity index (χ0v) is 15.7. The highest BCUT2D eigenvalue weighted by atomic mass is 19.1. The third-order valence-corrected chi connectivity index (χ3v) is 5.02. The molecule has 0 bridgehead atoms. The maximum atomic E-state index is 12.7. The Morgan fingerprint density at radius 2 is 1.97 bits per heavy atom. The van der Waals surface area contributed by atoms with E-state index in [0.29, 0.717) is 4.57 Å². The number of ether oxygens (including phenoxy) is 1. The van der Waals surface area contributed by atoms with Crippen molar-refractivity contribution in [1.82, 2.24) is 14.6 Å². The van der Waals surface area contributed by atoms with Crippen molar-refractivity contribution in [3.8, 4) is 5.75 Å².